The van der Waals surface area contributed by atoms with Crippen LogP contribution in [0.15, 0.2) is 57.8 Å². The van der Waals surface area contributed by atoms with Gasteiger partial charge in [-0.25, -0.2) is 8.42 Å². The van der Waals surface area contributed by atoms with Gasteiger partial charge in [0.15, 0.2) is 11.5 Å². The number of methoxy groups -OCH3 is 2. The summed E-state index contributed by atoms with van der Waals surface area (Å²) in [5.74, 6) is 1.51. The zero-order valence-electron chi connectivity index (χ0n) is 22.0. The first kappa shape index (κ1) is 28.5. The predicted molar refractivity (Wildman–Crippen MR) is 149 cm³/mol. The van der Waals surface area contributed by atoms with E-state index in [1.54, 1.807) is 26.4 Å². The molecule has 1 aliphatic carbocycles. The fourth-order valence-corrected chi connectivity index (χ4v) is 7.14. The molecule has 206 valence electrons. The number of benzene rings is 2. The van der Waals surface area contributed by atoms with E-state index in [1.807, 2.05) is 18.2 Å². The van der Waals surface area contributed by atoms with Gasteiger partial charge < -0.3 is 19.5 Å². The maximum absolute atomic E-state index is 13.4. The lowest BCUT2D eigenvalue weighted by Crippen LogP contribution is -2.40. The molecule has 2 aliphatic rings. The van der Waals surface area contributed by atoms with Crippen molar-refractivity contribution >= 4 is 27.7 Å². The van der Waals surface area contributed by atoms with Crippen molar-refractivity contribution in [1.29, 1.82) is 0 Å². The summed E-state index contributed by atoms with van der Waals surface area (Å²) in [6.45, 7) is 1.83. The van der Waals surface area contributed by atoms with Gasteiger partial charge in [-0.05, 0) is 56.4 Å². The zero-order valence-corrected chi connectivity index (χ0v) is 23.7. The molecule has 1 aliphatic heterocycles. The fourth-order valence-electron chi connectivity index (χ4n) is 4.70. The molecule has 0 unspecified atom stereocenters. The molecule has 0 spiro atoms. The number of carbonyl (C=O) groups excluding carboxylic acids is 1. The highest BCUT2D eigenvalue weighted by atomic mass is 32.2. The van der Waals surface area contributed by atoms with Crippen LogP contribution in [0.25, 0.3) is 0 Å². The molecule has 0 saturated carbocycles. The minimum atomic E-state index is -3.74. The second-order valence-corrected chi connectivity index (χ2v) is 12.2. The van der Waals surface area contributed by atoms with Gasteiger partial charge in [-0.3, -0.25) is 4.79 Å². The molecule has 2 aromatic rings. The van der Waals surface area contributed by atoms with Crippen LogP contribution in [0.4, 0.5) is 0 Å². The van der Waals surface area contributed by atoms with Crippen LogP contribution in [0.5, 0.6) is 11.5 Å². The lowest BCUT2D eigenvalue weighted by molar-refractivity contribution is 0.0730. The standard InChI is InChI=1S/C28H36N2O6S2/c1-34-25-10-6-9-22(27(25)35-2)20-37-26-12-11-23(38(32,33)30-15-17-36-18-16-30)19-24(26)28(31)29-14-13-21-7-4-3-5-8-21/h6-7,9-12,19H,3-5,8,13-18,20H2,1-2H3,(H,29,31). The molecule has 10 heteroatoms. The van der Waals surface area contributed by atoms with Crippen LogP contribution in [-0.2, 0) is 20.5 Å². The van der Waals surface area contributed by atoms with Crippen LogP contribution in [-0.4, -0.2) is 65.7 Å². The smallest absolute Gasteiger partial charge is 0.252 e. The number of para-hydroxylation sites is 1. The van der Waals surface area contributed by atoms with Gasteiger partial charge in [-0.1, -0.05) is 23.8 Å². The number of morpholine rings is 1. The molecule has 1 saturated heterocycles. The number of hydrogen-bond acceptors (Lipinski definition) is 7. The Bertz CT molecular complexity index is 1260. The van der Waals surface area contributed by atoms with E-state index in [2.05, 4.69) is 11.4 Å². The Labute approximate surface area is 229 Å². The first-order valence-electron chi connectivity index (χ1n) is 12.9. The van der Waals surface area contributed by atoms with E-state index in [-0.39, 0.29) is 10.8 Å². The van der Waals surface area contributed by atoms with Gasteiger partial charge in [0.2, 0.25) is 10.0 Å². The number of rotatable bonds is 11. The molecule has 1 N–H and O–H groups in total. The van der Waals surface area contributed by atoms with Crippen molar-refractivity contribution in [2.45, 2.75) is 47.6 Å². The monoisotopic (exact) mass is 560 g/mol. The van der Waals surface area contributed by atoms with E-state index < -0.39 is 10.0 Å². The van der Waals surface area contributed by atoms with E-state index in [4.69, 9.17) is 14.2 Å². The Balaban J connectivity index is 1.57. The Morgan fingerprint density at radius 3 is 2.63 bits per heavy atom. The maximum Gasteiger partial charge on any atom is 0.252 e. The third-order valence-corrected chi connectivity index (χ3v) is 9.80. The van der Waals surface area contributed by atoms with Gasteiger partial charge >= 0.3 is 0 Å². The van der Waals surface area contributed by atoms with Crippen LogP contribution in [0.1, 0.15) is 48.0 Å². The number of hydrogen-bond donors (Lipinski definition) is 1. The van der Waals surface area contributed by atoms with Gasteiger partial charge in [0, 0.05) is 35.8 Å². The van der Waals surface area contributed by atoms with Gasteiger partial charge in [-0.15, -0.1) is 11.8 Å². The summed E-state index contributed by atoms with van der Waals surface area (Å²) < 4.78 is 44.3. The Hall–Kier alpha value is -2.53. The number of nitrogens with one attached hydrogen (secondary N) is 1. The number of carbonyl (C=O) groups is 1. The number of sulfonamides is 1. The average Bonchev–Trinajstić information content (AvgIpc) is 2.96. The van der Waals surface area contributed by atoms with E-state index >= 15 is 0 Å². The Morgan fingerprint density at radius 1 is 1.11 bits per heavy atom. The minimum absolute atomic E-state index is 0.114. The third-order valence-electron chi connectivity index (χ3n) is 6.79. The van der Waals surface area contributed by atoms with E-state index in [1.165, 1.54) is 40.5 Å². The number of ether oxygens (including phenoxy) is 3. The highest BCUT2D eigenvalue weighted by molar-refractivity contribution is 7.98. The molecule has 0 bridgehead atoms. The summed E-state index contributed by atoms with van der Waals surface area (Å²) in [7, 11) is -0.554. The largest absolute Gasteiger partial charge is 0.493 e. The molecule has 2 aromatic carbocycles. The summed E-state index contributed by atoms with van der Waals surface area (Å²) in [4.78, 5) is 14.2. The molecular weight excluding hydrogens is 524 g/mol. The van der Waals surface area contributed by atoms with Crippen molar-refractivity contribution < 1.29 is 27.4 Å². The van der Waals surface area contributed by atoms with Crippen LogP contribution >= 0.6 is 11.8 Å². The van der Waals surface area contributed by atoms with Gasteiger partial charge in [0.1, 0.15) is 0 Å². The molecule has 38 heavy (non-hydrogen) atoms. The lowest BCUT2D eigenvalue weighted by atomic mass is 9.97. The molecule has 1 amide bonds. The minimum Gasteiger partial charge on any atom is -0.493 e. The molecule has 0 atom stereocenters. The predicted octanol–water partition coefficient (Wildman–Crippen LogP) is 4.64. The van der Waals surface area contributed by atoms with Gasteiger partial charge in [-0.2, -0.15) is 4.31 Å². The molecule has 8 nitrogen and oxygen atoms in total. The highest BCUT2D eigenvalue weighted by Crippen LogP contribution is 2.36. The number of thioether (sulfide) groups is 1. The van der Waals surface area contributed by atoms with Crippen LogP contribution in [0.3, 0.4) is 0 Å². The number of amides is 1. The SMILES string of the molecule is COc1cccc(CSc2ccc(S(=O)(=O)N3CCOCC3)cc2C(=O)NCCC2=CCCCC2)c1OC. The lowest BCUT2D eigenvalue weighted by Gasteiger charge is -2.26. The van der Waals surface area contributed by atoms with Crippen LogP contribution in [0, 0.1) is 0 Å². The number of nitrogens with zero attached hydrogens (tertiary/aromatic N) is 1. The molecule has 4 rings (SSSR count). The molecule has 1 heterocycles. The van der Waals surface area contributed by atoms with Crippen molar-refractivity contribution in [2.75, 3.05) is 47.1 Å². The topological polar surface area (TPSA) is 94.2 Å². The first-order chi connectivity index (χ1) is 18.4. The average molecular weight is 561 g/mol. The third kappa shape index (κ3) is 6.91. The van der Waals surface area contributed by atoms with Crippen molar-refractivity contribution in [3.8, 4) is 11.5 Å². The fraction of sp³-hybridized carbons (Fsp3) is 0.464. The van der Waals surface area contributed by atoms with Crippen molar-refractivity contribution in [3.05, 3.63) is 59.2 Å². The number of allylic oxidation sites excluding steroid dienone is 1. The summed E-state index contributed by atoms with van der Waals surface area (Å²) in [5, 5.41) is 3.02. The normalized spacial score (nSPS) is 16.5. The van der Waals surface area contributed by atoms with Crippen molar-refractivity contribution in [2.24, 2.45) is 0 Å². The summed E-state index contributed by atoms with van der Waals surface area (Å²) in [6.07, 6.45) is 7.66. The molecule has 1 fully saturated rings. The second-order valence-electron chi connectivity index (χ2n) is 9.23. The van der Waals surface area contributed by atoms with Crippen molar-refractivity contribution in [1.82, 2.24) is 9.62 Å². The molecule has 0 radical (unpaired) electrons. The van der Waals surface area contributed by atoms with E-state index in [9.17, 15) is 13.2 Å². The second kappa shape index (κ2) is 13.5. The first-order valence-corrected chi connectivity index (χ1v) is 15.4. The van der Waals surface area contributed by atoms with E-state index in [0.29, 0.717) is 60.6 Å². The van der Waals surface area contributed by atoms with Gasteiger partial charge in [0.25, 0.3) is 5.91 Å². The van der Waals surface area contributed by atoms with Crippen LogP contribution < -0.4 is 14.8 Å². The molecule has 0 aromatic heterocycles. The summed E-state index contributed by atoms with van der Waals surface area (Å²) >= 11 is 1.46. The maximum atomic E-state index is 13.4. The molecular formula is C28H36N2O6S2. The van der Waals surface area contributed by atoms with Crippen LogP contribution in [0.2, 0.25) is 0 Å². The Kier molecular flexibility index (Phi) is 10.1. The quantitative estimate of drug-likeness (QED) is 0.316. The van der Waals surface area contributed by atoms with Gasteiger partial charge in [0.05, 0.1) is 37.9 Å². The van der Waals surface area contributed by atoms with Crippen molar-refractivity contribution in [3.63, 3.8) is 0 Å². The zero-order chi connectivity index (χ0) is 27.0. The summed E-state index contributed by atoms with van der Waals surface area (Å²) in [6, 6.07) is 10.5. The summed E-state index contributed by atoms with van der Waals surface area (Å²) in [5.41, 5.74) is 2.64. The Morgan fingerprint density at radius 2 is 1.92 bits per heavy atom. The van der Waals surface area contributed by atoms with E-state index in [0.717, 1.165) is 24.8 Å². The highest BCUT2D eigenvalue weighted by Gasteiger charge is 2.28.